The summed E-state index contributed by atoms with van der Waals surface area (Å²) in [5.74, 6) is -1.15. The third-order valence-electron chi connectivity index (χ3n) is 2.91. The van der Waals surface area contributed by atoms with E-state index in [1.165, 1.54) is 18.2 Å². The number of benzene rings is 2. The van der Waals surface area contributed by atoms with E-state index in [1.807, 2.05) is 6.07 Å². The molecule has 0 aliphatic rings. The molecule has 0 saturated heterocycles. The summed E-state index contributed by atoms with van der Waals surface area (Å²) in [6.45, 7) is 1.80. The molecule has 1 amide bonds. The van der Waals surface area contributed by atoms with Crippen molar-refractivity contribution < 1.29 is 9.18 Å². The van der Waals surface area contributed by atoms with E-state index in [0.717, 1.165) is 5.56 Å². The molecule has 0 unspecified atom stereocenters. The summed E-state index contributed by atoms with van der Waals surface area (Å²) in [6, 6.07) is 11.0. The first-order chi connectivity index (χ1) is 9.52. The van der Waals surface area contributed by atoms with Crippen molar-refractivity contribution >= 4 is 17.3 Å². The van der Waals surface area contributed by atoms with Gasteiger partial charge in [0.1, 0.15) is 5.82 Å². The van der Waals surface area contributed by atoms with Crippen molar-refractivity contribution in [3.63, 3.8) is 0 Å². The van der Waals surface area contributed by atoms with Gasteiger partial charge in [0.15, 0.2) is 0 Å². The standard InChI is InChI=1S/C15H12FN3O/c1-9-5-6-10(8-17)7-13(9)19-15(20)11-3-2-4-12(16)14(11)18/h2-7H,18H2,1H3,(H,19,20). The number of para-hydroxylation sites is 1. The molecule has 0 aliphatic carbocycles. The van der Waals surface area contributed by atoms with Crippen molar-refractivity contribution in [1.82, 2.24) is 0 Å². The van der Waals surface area contributed by atoms with E-state index in [-0.39, 0.29) is 11.3 Å². The number of nitriles is 1. The molecule has 0 atom stereocenters. The second-order valence-corrected chi connectivity index (χ2v) is 4.30. The van der Waals surface area contributed by atoms with E-state index in [4.69, 9.17) is 11.0 Å². The molecule has 0 spiro atoms. The predicted octanol–water partition coefficient (Wildman–Crippen LogP) is 2.84. The number of nitrogens with two attached hydrogens (primary N) is 1. The zero-order valence-corrected chi connectivity index (χ0v) is 10.8. The van der Waals surface area contributed by atoms with Crippen LogP contribution in [-0.4, -0.2) is 5.91 Å². The zero-order valence-electron chi connectivity index (χ0n) is 10.8. The van der Waals surface area contributed by atoms with Gasteiger partial charge in [0.25, 0.3) is 5.91 Å². The Morgan fingerprint density at radius 3 is 2.80 bits per heavy atom. The monoisotopic (exact) mass is 269 g/mol. The van der Waals surface area contributed by atoms with Gasteiger partial charge in [0, 0.05) is 5.69 Å². The second kappa shape index (κ2) is 5.41. The first-order valence-corrected chi connectivity index (χ1v) is 5.89. The molecule has 0 bridgehead atoms. The number of amides is 1. The third kappa shape index (κ3) is 2.59. The van der Waals surface area contributed by atoms with Crippen LogP contribution in [0.25, 0.3) is 0 Å². The Morgan fingerprint density at radius 2 is 2.10 bits per heavy atom. The van der Waals surface area contributed by atoms with Crippen molar-refractivity contribution in [3.8, 4) is 6.07 Å². The zero-order chi connectivity index (χ0) is 14.7. The lowest BCUT2D eigenvalue weighted by atomic mass is 10.1. The molecule has 0 heterocycles. The summed E-state index contributed by atoms with van der Waals surface area (Å²) in [4.78, 5) is 12.1. The van der Waals surface area contributed by atoms with Crippen molar-refractivity contribution in [3.05, 3.63) is 58.9 Å². The molecule has 4 nitrogen and oxygen atoms in total. The van der Waals surface area contributed by atoms with E-state index >= 15 is 0 Å². The maximum Gasteiger partial charge on any atom is 0.257 e. The molecule has 20 heavy (non-hydrogen) atoms. The summed E-state index contributed by atoms with van der Waals surface area (Å²) in [5.41, 5.74) is 7.13. The average molecular weight is 269 g/mol. The number of nitrogen functional groups attached to an aromatic ring is 1. The lowest BCUT2D eigenvalue weighted by Crippen LogP contribution is -2.15. The number of aryl methyl sites for hydroxylation is 1. The number of nitrogens with zero attached hydrogens (tertiary/aromatic N) is 1. The van der Waals surface area contributed by atoms with Crippen molar-refractivity contribution in [2.45, 2.75) is 6.92 Å². The Morgan fingerprint density at radius 1 is 1.35 bits per heavy atom. The molecule has 0 aliphatic heterocycles. The quantitative estimate of drug-likeness (QED) is 0.823. The summed E-state index contributed by atoms with van der Waals surface area (Å²) < 4.78 is 13.3. The van der Waals surface area contributed by atoms with Gasteiger partial charge in [0.05, 0.1) is 22.9 Å². The van der Waals surface area contributed by atoms with Gasteiger partial charge in [-0.05, 0) is 36.8 Å². The van der Waals surface area contributed by atoms with Crippen LogP contribution in [0.3, 0.4) is 0 Å². The summed E-state index contributed by atoms with van der Waals surface area (Å²) in [5, 5.41) is 11.5. The smallest absolute Gasteiger partial charge is 0.257 e. The maximum absolute atomic E-state index is 13.3. The Hall–Kier alpha value is -2.87. The van der Waals surface area contributed by atoms with Gasteiger partial charge < -0.3 is 11.1 Å². The Bertz CT molecular complexity index is 720. The molecule has 2 aromatic carbocycles. The number of nitrogens with one attached hydrogen (secondary N) is 1. The molecule has 3 N–H and O–H groups in total. The van der Waals surface area contributed by atoms with Crippen molar-refractivity contribution in [2.24, 2.45) is 0 Å². The van der Waals surface area contributed by atoms with Gasteiger partial charge >= 0.3 is 0 Å². The van der Waals surface area contributed by atoms with E-state index < -0.39 is 11.7 Å². The number of anilines is 2. The van der Waals surface area contributed by atoms with Crippen molar-refractivity contribution in [2.75, 3.05) is 11.1 Å². The van der Waals surface area contributed by atoms with E-state index in [1.54, 1.807) is 25.1 Å². The van der Waals surface area contributed by atoms with Crippen LogP contribution in [0, 0.1) is 24.1 Å². The number of halogens is 1. The Labute approximate surface area is 115 Å². The molecule has 100 valence electrons. The first kappa shape index (κ1) is 13.6. The molecule has 0 radical (unpaired) electrons. The Balaban J connectivity index is 2.33. The van der Waals surface area contributed by atoms with E-state index in [2.05, 4.69) is 5.32 Å². The fourth-order valence-corrected chi connectivity index (χ4v) is 1.75. The molecule has 0 fully saturated rings. The summed E-state index contributed by atoms with van der Waals surface area (Å²) >= 11 is 0. The van der Waals surface area contributed by atoms with Crippen LogP contribution in [0.15, 0.2) is 36.4 Å². The van der Waals surface area contributed by atoms with Gasteiger partial charge in [0.2, 0.25) is 0 Å². The van der Waals surface area contributed by atoms with E-state index in [9.17, 15) is 9.18 Å². The molecule has 2 aromatic rings. The minimum atomic E-state index is -0.639. The molecule has 5 heteroatoms. The molecule has 0 saturated carbocycles. The van der Waals surface area contributed by atoms with Crippen LogP contribution in [0.1, 0.15) is 21.5 Å². The number of carbonyl (C=O) groups excluding carboxylic acids is 1. The van der Waals surface area contributed by atoms with Crippen LogP contribution in [0.2, 0.25) is 0 Å². The fourth-order valence-electron chi connectivity index (χ4n) is 1.75. The average Bonchev–Trinajstić information content (AvgIpc) is 2.44. The third-order valence-corrected chi connectivity index (χ3v) is 2.91. The van der Waals surface area contributed by atoms with Gasteiger partial charge in [-0.3, -0.25) is 4.79 Å². The lowest BCUT2D eigenvalue weighted by molar-refractivity contribution is 0.102. The molecule has 2 rings (SSSR count). The number of rotatable bonds is 2. The maximum atomic E-state index is 13.3. The predicted molar refractivity (Wildman–Crippen MR) is 74.7 cm³/mol. The van der Waals surface area contributed by atoms with Crippen LogP contribution < -0.4 is 11.1 Å². The van der Waals surface area contributed by atoms with Gasteiger partial charge in [-0.15, -0.1) is 0 Å². The number of hydrogen-bond acceptors (Lipinski definition) is 3. The highest BCUT2D eigenvalue weighted by molar-refractivity contribution is 6.08. The largest absolute Gasteiger partial charge is 0.396 e. The van der Waals surface area contributed by atoms with Gasteiger partial charge in [-0.1, -0.05) is 12.1 Å². The topological polar surface area (TPSA) is 78.9 Å². The van der Waals surface area contributed by atoms with Crippen molar-refractivity contribution in [1.29, 1.82) is 5.26 Å². The Kier molecular flexibility index (Phi) is 3.67. The molecule has 0 aromatic heterocycles. The van der Waals surface area contributed by atoms with Gasteiger partial charge in [-0.25, -0.2) is 4.39 Å². The second-order valence-electron chi connectivity index (χ2n) is 4.30. The van der Waals surface area contributed by atoms with Crippen LogP contribution in [0.5, 0.6) is 0 Å². The highest BCUT2D eigenvalue weighted by atomic mass is 19.1. The lowest BCUT2D eigenvalue weighted by Gasteiger charge is -2.10. The normalized spacial score (nSPS) is 9.85. The summed E-state index contributed by atoms with van der Waals surface area (Å²) in [6.07, 6.45) is 0. The van der Waals surface area contributed by atoms with Gasteiger partial charge in [-0.2, -0.15) is 5.26 Å². The molecular weight excluding hydrogens is 257 g/mol. The van der Waals surface area contributed by atoms with Crippen LogP contribution in [0.4, 0.5) is 15.8 Å². The van der Waals surface area contributed by atoms with Crippen LogP contribution in [-0.2, 0) is 0 Å². The SMILES string of the molecule is Cc1ccc(C#N)cc1NC(=O)c1cccc(F)c1N. The minimum absolute atomic E-state index is 0.0618. The van der Waals surface area contributed by atoms with Crippen LogP contribution >= 0.6 is 0 Å². The number of hydrogen-bond donors (Lipinski definition) is 2. The fraction of sp³-hybridized carbons (Fsp3) is 0.0667. The minimum Gasteiger partial charge on any atom is -0.396 e. The van der Waals surface area contributed by atoms with E-state index in [0.29, 0.717) is 11.3 Å². The number of carbonyl (C=O) groups is 1. The molecular formula is C15H12FN3O. The first-order valence-electron chi connectivity index (χ1n) is 5.89. The highest BCUT2D eigenvalue weighted by Gasteiger charge is 2.13. The highest BCUT2D eigenvalue weighted by Crippen LogP contribution is 2.20. The summed E-state index contributed by atoms with van der Waals surface area (Å²) in [7, 11) is 0.